The quantitative estimate of drug-likeness (QED) is 0.286. The van der Waals surface area contributed by atoms with Crippen molar-refractivity contribution >= 4 is 28.5 Å². The fourth-order valence-corrected chi connectivity index (χ4v) is 3.98. The smallest absolute Gasteiger partial charge is 0.258 e. The first-order chi connectivity index (χ1) is 16.9. The molecule has 0 unspecified atom stereocenters. The van der Waals surface area contributed by atoms with Gasteiger partial charge in [-0.1, -0.05) is 35.9 Å². The van der Waals surface area contributed by atoms with E-state index in [1.54, 1.807) is 0 Å². The molecule has 0 saturated heterocycles. The van der Waals surface area contributed by atoms with E-state index in [-0.39, 0.29) is 12.5 Å². The van der Waals surface area contributed by atoms with Gasteiger partial charge in [-0.2, -0.15) is 0 Å². The third kappa shape index (κ3) is 6.34. The number of aromatic nitrogens is 2. The number of nitrogens with zero attached hydrogens (tertiary/aromatic N) is 2. The van der Waals surface area contributed by atoms with Gasteiger partial charge >= 0.3 is 0 Å². The molecule has 0 spiro atoms. The molecule has 182 valence electrons. The summed E-state index contributed by atoms with van der Waals surface area (Å²) in [7, 11) is 0. The van der Waals surface area contributed by atoms with Crippen LogP contribution < -0.4 is 14.8 Å². The van der Waals surface area contributed by atoms with Gasteiger partial charge in [0.1, 0.15) is 17.3 Å². The standard InChI is InChI=1S/C28H30ClN3O3/c1-19-9-10-20(2)26(15-19)35-18-28(33)30-17-27-31-24-7-4-5-8-25(24)32(27)13-6-14-34-22-11-12-23(29)21(3)16-22/h4-5,7-12,15-16H,6,13-14,17-18H2,1-3H3,(H,30,33). The van der Waals surface area contributed by atoms with Gasteiger partial charge in [-0.3, -0.25) is 4.79 Å². The Hall–Kier alpha value is -3.51. The van der Waals surface area contributed by atoms with E-state index in [0.717, 1.165) is 63.0 Å². The number of hydrogen-bond donors (Lipinski definition) is 1. The highest BCUT2D eigenvalue weighted by molar-refractivity contribution is 6.31. The van der Waals surface area contributed by atoms with Gasteiger partial charge in [0.2, 0.25) is 0 Å². The molecule has 0 fully saturated rings. The molecular formula is C28H30ClN3O3. The van der Waals surface area contributed by atoms with E-state index in [2.05, 4.69) is 9.88 Å². The maximum atomic E-state index is 12.5. The highest BCUT2D eigenvalue weighted by atomic mass is 35.5. The summed E-state index contributed by atoms with van der Waals surface area (Å²) in [6, 6.07) is 19.6. The molecule has 0 radical (unpaired) electrons. The topological polar surface area (TPSA) is 65.4 Å². The molecule has 0 saturated carbocycles. The molecule has 35 heavy (non-hydrogen) atoms. The number of ether oxygens (including phenoxy) is 2. The molecule has 1 amide bonds. The minimum absolute atomic E-state index is 0.0428. The second-order valence-electron chi connectivity index (χ2n) is 8.62. The zero-order valence-corrected chi connectivity index (χ0v) is 21.1. The van der Waals surface area contributed by atoms with Crippen molar-refractivity contribution in [1.29, 1.82) is 0 Å². The average molecular weight is 492 g/mol. The molecule has 0 bridgehead atoms. The van der Waals surface area contributed by atoms with E-state index in [4.69, 9.17) is 26.1 Å². The van der Waals surface area contributed by atoms with Crippen LogP contribution in [0.4, 0.5) is 0 Å². The number of carbonyl (C=O) groups excluding carboxylic acids is 1. The molecule has 0 atom stereocenters. The Balaban J connectivity index is 1.35. The number of rotatable bonds is 10. The second-order valence-corrected chi connectivity index (χ2v) is 9.02. The van der Waals surface area contributed by atoms with E-state index in [0.29, 0.717) is 13.2 Å². The summed E-state index contributed by atoms with van der Waals surface area (Å²) in [4.78, 5) is 17.2. The summed E-state index contributed by atoms with van der Waals surface area (Å²) in [6.45, 7) is 7.48. The molecule has 0 aliphatic heterocycles. The van der Waals surface area contributed by atoms with Crippen molar-refractivity contribution in [3.8, 4) is 11.5 Å². The molecule has 4 rings (SSSR count). The van der Waals surface area contributed by atoms with Gasteiger partial charge in [-0.25, -0.2) is 4.98 Å². The van der Waals surface area contributed by atoms with Gasteiger partial charge in [-0.15, -0.1) is 0 Å². The van der Waals surface area contributed by atoms with E-state index in [9.17, 15) is 4.79 Å². The fourth-order valence-electron chi connectivity index (χ4n) is 3.86. The van der Waals surface area contributed by atoms with Gasteiger partial charge in [0.25, 0.3) is 5.91 Å². The number of fused-ring (bicyclic) bond motifs is 1. The van der Waals surface area contributed by atoms with Crippen molar-refractivity contribution in [3.05, 3.63) is 88.2 Å². The Kier molecular flexibility index (Phi) is 7.93. The van der Waals surface area contributed by atoms with Gasteiger partial charge in [0, 0.05) is 11.6 Å². The van der Waals surface area contributed by atoms with Crippen molar-refractivity contribution in [2.24, 2.45) is 0 Å². The number of para-hydroxylation sites is 2. The lowest BCUT2D eigenvalue weighted by Crippen LogP contribution is -2.29. The van der Waals surface area contributed by atoms with Crippen molar-refractivity contribution in [2.75, 3.05) is 13.2 Å². The summed E-state index contributed by atoms with van der Waals surface area (Å²) in [5.41, 5.74) is 5.02. The van der Waals surface area contributed by atoms with E-state index in [1.807, 2.05) is 81.4 Å². The summed E-state index contributed by atoms with van der Waals surface area (Å²) < 4.78 is 13.8. The van der Waals surface area contributed by atoms with Crippen molar-refractivity contribution in [2.45, 2.75) is 40.3 Å². The first-order valence-corrected chi connectivity index (χ1v) is 12.1. The minimum atomic E-state index is -0.189. The number of carbonyl (C=O) groups is 1. The third-order valence-electron chi connectivity index (χ3n) is 5.80. The molecule has 4 aromatic rings. The largest absolute Gasteiger partial charge is 0.494 e. The predicted octanol–water partition coefficient (Wildman–Crippen LogP) is 5.78. The van der Waals surface area contributed by atoms with Crippen molar-refractivity contribution in [1.82, 2.24) is 14.9 Å². The van der Waals surface area contributed by atoms with Gasteiger partial charge in [-0.05, 0) is 80.3 Å². The SMILES string of the molecule is Cc1ccc(C)c(OCC(=O)NCc2nc3ccccc3n2CCCOc2ccc(Cl)c(C)c2)c1. The monoisotopic (exact) mass is 491 g/mol. The van der Waals surface area contributed by atoms with E-state index < -0.39 is 0 Å². The van der Waals surface area contributed by atoms with Crippen molar-refractivity contribution in [3.63, 3.8) is 0 Å². The van der Waals surface area contributed by atoms with Gasteiger partial charge < -0.3 is 19.4 Å². The molecule has 3 aromatic carbocycles. The Morgan fingerprint density at radius 3 is 2.66 bits per heavy atom. The van der Waals surface area contributed by atoms with Crippen LogP contribution in [0.1, 0.15) is 28.9 Å². The molecule has 6 nitrogen and oxygen atoms in total. The summed E-state index contributed by atoms with van der Waals surface area (Å²) in [5.74, 6) is 2.14. The lowest BCUT2D eigenvalue weighted by molar-refractivity contribution is -0.123. The second kappa shape index (κ2) is 11.3. The number of amides is 1. The molecule has 7 heteroatoms. The van der Waals surface area contributed by atoms with Crippen LogP contribution >= 0.6 is 11.6 Å². The Morgan fingerprint density at radius 2 is 1.83 bits per heavy atom. The van der Waals surface area contributed by atoms with Crippen LogP contribution in [-0.2, 0) is 17.9 Å². The number of benzene rings is 3. The summed E-state index contributed by atoms with van der Waals surface area (Å²) >= 11 is 6.09. The average Bonchev–Trinajstić information content (AvgIpc) is 3.20. The first-order valence-electron chi connectivity index (χ1n) is 11.7. The number of aryl methyl sites for hydroxylation is 4. The van der Waals surface area contributed by atoms with Gasteiger partial charge in [0.05, 0.1) is 24.2 Å². The molecule has 0 aliphatic carbocycles. The van der Waals surface area contributed by atoms with Crippen LogP contribution in [0.25, 0.3) is 11.0 Å². The highest BCUT2D eigenvalue weighted by Gasteiger charge is 2.12. The zero-order valence-electron chi connectivity index (χ0n) is 20.3. The summed E-state index contributed by atoms with van der Waals surface area (Å²) in [6.07, 6.45) is 0.790. The molecule has 1 N–H and O–H groups in total. The third-order valence-corrected chi connectivity index (χ3v) is 6.23. The number of nitrogens with one attached hydrogen (secondary N) is 1. The van der Waals surface area contributed by atoms with Crippen LogP contribution in [0.15, 0.2) is 60.7 Å². The normalized spacial score (nSPS) is 11.0. The van der Waals surface area contributed by atoms with Crippen LogP contribution in [0.5, 0.6) is 11.5 Å². The lowest BCUT2D eigenvalue weighted by Gasteiger charge is -2.12. The number of halogens is 1. The Labute approximate surface area is 210 Å². The summed E-state index contributed by atoms with van der Waals surface area (Å²) in [5, 5.41) is 3.67. The maximum absolute atomic E-state index is 12.5. The van der Waals surface area contributed by atoms with Crippen LogP contribution in [0.3, 0.4) is 0 Å². The Bertz CT molecular complexity index is 1330. The number of hydrogen-bond acceptors (Lipinski definition) is 4. The highest BCUT2D eigenvalue weighted by Crippen LogP contribution is 2.22. The minimum Gasteiger partial charge on any atom is -0.494 e. The van der Waals surface area contributed by atoms with E-state index in [1.165, 1.54) is 0 Å². The number of imidazole rings is 1. The molecule has 0 aliphatic rings. The van der Waals surface area contributed by atoms with Crippen LogP contribution in [0, 0.1) is 20.8 Å². The van der Waals surface area contributed by atoms with Crippen LogP contribution in [-0.4, -0.2) is 28.7 Å². The molecular weight excluding hydrogens is 462 g/mol. The Morgan fingerprint density at radius 1 is 1.00 bits per heavy atom. The van der Waals surface area contributed by atoms with E-state index >= 15 is 0 Å². The maximum Gasteiger partial charge on any atom is 0.258 e. The predicted molar refractivity (Wildman–Crippen MR) is 139 cm³/mol. The molecule has 1 heterocycles. The first kappa shape index (κ1) is 24.6. The zero-order chi connectivity index (χ0) is 24.8. The van der Waals surface area contributed by atoms with Gasteiger partial charge in [0.15, 0.2) is 6.61 Å². The lowest BCUT2D eigenvalue weighted by atomic mass is 10.1. The fraction of sp³-hybridized carbons (Fsp3) is 0.286. The molecule has 1 aromatic heterocycles. The van der Waals surface area contributed by atoms with Crippen molar-refractivity contribution < 1.29 is 14.3 Å². The van der Waals surface area contributed by atoms with Crippen LogP contribution in [0.2, 0.25) is 5.02 Å².